The first-order valence-electron chi connectivity index (χ1n) is 9.12. The van der Waals surface area contributed by atoms with Crippen molar-refractivity contribution in [2.75, 3.05) is 11.1 Å². The molecule has 1 heterocycles. The lowest BCUT2D eigenvalue weighted by Gasteiger charge is -2.11. The second kappa shape index (κ2) is 8.10. The van der Waals surface area contributed by atoms with E-state index in [2.05, 4.69) is 15.5 Å². The maximum atomic E-state index is 14.2. The first kappa shape index (κ1) is 20.4. The van der Waals surface area contributed by atoms with Crippen LogP contribution in [0.3, 0.4) is 0 Å². The summed E-state index contributed by atoms with van der Waals surface area (Å²) in [7, 11) is 0. The van der Waals surface area contributed by atoms with Crippen molar-refractivity contribution < 1.29 is 22.4 Å². The van der Waals surface area contributed by atoms with Crippen LogP contribution in [0.25, 0.3) is 11.4 Å². The van der Waals surface area contributed by atoms with E-state index in [1.165, 1.54) is 18.2 Å². The molecule has 5 nitrogen and oxygen atoms in total. The molecule has 0 saturated heterocycles. The number of hydrogen-bond acceptors (Lipinski definition) is 4. The second-order valence-electron chi connectivity index (χ2n) is 6.80. The van der Waals surface area contributed by atoms with Crippen LogP contribution in [-0.2, 0) is 11.0 Å². The molecule has 2 aromatic carbocycles. The zero-order valence-corrected chi connectivity index (χ0v) is 16.3. The Morgan fingerprint density at radius 1 is 1.13 bits per heavy atom. The van der Waals surface area contributed by atoms with Crippen LogP contribution in [0.15, 0.2) is 53.7 Å². The van der Waals surface area contributed by atoms with E-state index >= 15 is 0 Å². The van der Waals surface area contributed by atoms with E-state index in [0.717, 1.165) is 36.7 Å². The van der Waals surface area contributed by atoms with E-state index in [1.807, 2.05) is 4.57 Å². The highest BCUT2D eigenvalue weighted by Crippen LogP contribution is 2.41. The molecule has 1 amide bonds. The number of nitrogens with zero attached hydrogens (tertiary/aromatic N) is 3. The number of carbonyl (C=O) groups excluding carboxylic acids is 1. The molecule has 30 heavy (non-hydrogen) atoms. The molecule has 1 N–H and O–H groups in total. The Morgan fingerprint density at radius 3 is 2.60 bits per heavy atom. The number of nitrogens with one attached hydrogen (secondary N) is 1. The first-order valence-corrected chi connectivity index (χ1v) is 10.1. The average molecular weight is 436 g/mol. The Hall–Kier alpha value is -2.88. The van der Waals surface area contributed by atoms with Crippen molar-refractivity contribution >= 4 is 23.4 Å². The Bertz CT molecular complexity index is 1080. The third-order valence-electron chi connectivity index (χ3n) is 4.50. The SMILES string of the molecule is O=C(CSc1nnc(-c2ccccc2F)n1C1CC1)Nc1cccc(C(F)(F)F)c1. The summed E-state index contributed by atoms with van der Waals surface area (Å²) in [6.45, 7) is 0. The Labute approximate surface area is 173 Å². The van der Waals surface area contributed by atoms with Gasteiger partial charge in [0.15, 0.2) is 11.0 Å². The van der Waals surface area contributed by atoms with Crippen molar-refractivity contribution in [2.45, 2.75) is 30.2 Å². The van der Waals surface area contributed by atoms with Gasteiger partial charge in [0.1, 0.15) is 5.82 Å². The van der Waals surface area contributed by atoms with Gasteiger partial charge in [0.05, 0.1) is 16.9 Å². The summed E-state index contributed by atoms with van der Waals surface area (Å²) in [6, 6.07) is 10.8. The smallest absolute Gasteiger partial charge is 0.325 e. The fourth-order valence-corrected chi connectivity index (χ4v) is 3.77. The highest BCUT2D eigenvalue weighted by atomic mass is 32.2. The Balaban J connectivity index is 1.47. The number of alkyl halides is 3. The highest BCUT2D eigenvalue weighted by molar-refractivity contribution is 7.99. The molecule has 1 fully saturated rings. The number of benzene rings is 2. The predicted molar refractivity (Wildman–Crippen MR) is 104 cm³/mol. The lowest BCUT2D eigenvalue weighted by atomic mass is 10.2. The third-order valence-corrected chi connectivity index (χ3v) is 5.44. The summed E-state index contributed by atoms with van der Waals surface area (Å²) in [6.07, 6.45) is -2.67. The van der Waals surface area contributed by atoms with Gasteiger partial charge in [-0.3, -0.25) is 9.36 Å². The summed E-state index contributed by atoms with van der Waals surface area (Å²) in [4.78, 5) is 12.2. The van der Waals surface area contributed by atoms with Gasteiger partial charge in [-0.15, -0.1) is 10.2 Å². The number of amides is 1. The van der Waals surface area contributed by atoms with Crippen molar-refractivity contribution in [3.8, 4) is 11.4 Å². The summed E-state index contributed by atoms with van der Waals surface area (Å²) in [5, 5.41) is 11.1. The number of anilines is 1. The lowest BCUT2D eigenvalue weighted by Crippen LogP contribution is -2.15. The zero-order chi connectivity index (χ0) is 21.3. The van der Waals surface area contributed by atoms with Gasteiger partial charge < -0.3 is 5.32 Å². The Kier molecular flexibility index (Phi) is 5.50. The molecular weight excluding hydrogens is 420 g/mol. The van der Waals surface area contributed by atoms with Gasteiger partial charge in [0.25, 0.3) is 0 Å². The Morgan fingerprint density at radius 2 is 1.90 bits per heavy atom. The molecule has 0 aliphatic heterocycles. The van der Waals surface area contributed by atoms with Gasteiger partial charge in [-0.25, -0.2) is 4.39 Å². The average Bonchev–Trinajstić information content (AvgIpc) is 3.46. The van der Waals surface area contributed by atoms with Crippen LogP contribution >= 0.6 is 11.8 Å². The van der Waals surface area contributed by atoms with E-state index < -0.39 is 23.5 Å². The molecule has 0 radical (unpaired) electrons. The highest BCUT2D eigenvalue weighted by Gasteiger charge is 2.32. The number of thioether (sulfide) groups is 1. The normalized spacial score (nSPS) is 14.0. The fourth-order valence-electron chi connectivity index (χ4n) is 2.96. The van der Waals surface area contributed by atoms with E-state index in [4.69, 9.17) is 0 Å². The van der Waals surface area contributed by atoms with Gasteiger partial charge in [0.2, 0.25) is 5.91 Å². The first-order chi connectivity index (χ1) is 14.3. The molecule has 156 valence electrons. The van der Waals surface area contributed by atoms with E-state index in [1.54, 1.807) is 18.2 Å². The van der Waals surface area contributed by atoms with E-state index in [9.17, 15) is 22.4 Å². The zero-order valence-electron chi connectivity index (χ0n) is 15.5. The van der Waals surface area contributed by atoms with Crippen LogP contribution in [0.1, 0.15) is 24.4 Å². The van der Waals surface area contributed by atoms with Crippen molar-refractivity contribution in [2.24, 2.45) is 0 Å². The molecular formula is C20H16F4N4OS. The number of carbonyl (C=O) groups is 1. The van der Waals surface area contributed by atoms with Crippen LogP contribution in [0, 0.1) is 5.82 Å². The van der Waals surface area contributed by atoms with Crippen LogP contribution in [0.2, 0.25) is 0 Å². The number of halogens is 4. The summed E-state index contributed by atoms with van der Waals surface area (Å²) < 4.78 is 54.4. The van der Waals surface area contributed by atoms with Crippen LogP contribution < -0.4 is 5.32 Å². The lowest BCUT2D eigenvalue weighted by molar-refractivity contribution is -0.137. The molecule has 4 rings (SSSR count). The predicted octanol–water partition coefficient (Wildman–Crippen LogP) is 5.17. The number of hydrogen-bond donors (Lipinski definition) is 1. The van der Waals surface area contributed by atoms with Gasteiger partial charge in [-0.05, 0) is 43.2 Å². The maximum absolute atomic E-state index is 14.2. The van der Waals surface area contributed by atoms with Gasteiger partial charge in [0, 0.05) is 11.7 Å². The molecule has 0 unspecified atom stereocenters. The van der Waals surface area contributed by atoms with Crippen molar-refractivity contribution in [1.29, 1.82) is 0 Å². The molecule has 3 aromatic rings. The molecule has 0 spiro atoms. The molecule has 10 heteroatoms. The van der Waals surface area contributed by atoms with Crippen molar-refractivity contribution in [1.82, 2.24) is 14.8 Å². The quantitative estimate of drug-likeness (QED) is 0.428. The molecule has 1 saturated carbocycles. The van der Waals surface area contributed by atoms with Gasteiger partial charge >= 0.3 is 6.18 Å². The van der Waals surface area contributed by atoms with Crippen LogP contribution in [0.5, 0.6) is 0 Å². The van der Waals surface area contributed by atoms with Gasteiger partial charge in [-0.2, -0.15) is 13.2 Å². The third kappa shape index (κ3) is 4.48. The minimum atomic E-state index is -4.49. The summed E-state index contributed by atoms with van der Waals surface area (Å²) in [5.74, 6) is -0.558. The van der Waals surface area contributed by atoms with Crippen molar-refractivity contribution in [3.63, 3.8) is 0 Å². The minimum Gasteiger partial charge on any atom is -0.325 e. The standard InChI is InChI=1S/C20H16F4N4OS/c21-16-7-2-1-6-15(16)18-26-27-19(28(18)14-8-9-14)30-11-17(29)25-13-5-3-4-12(10-13)20(22,23)24/h1-7,10,14H,8-9,11H2,(H,25,29). The molecule has 0 bridgehead atoms. The second-order valence-corrected chi connectivity index (χ2v) is 7.75. The largest absolute Gasteiger partial charge is 0.416 e. The fraction of sp³-hybridized carbons (Fsp3) is 0.250. The van der Waals surface area contributed by atoms with E-state index in [-0.39, 0.29) is 17.5 Å². The molecule has 1 aliphatic rings. The summed E-state index contributed by atoms with van der Waals surface area (Å²) >= 11 is 1.11. The topological polar surface area (TPSA) is 59.8 Å². The van der Waals surface area contributed by atoms with Crippen LogP contribution in [0.4, 0.5) is 23.2 Å². The maximum Gasteiger partial charge on any atom is 0.416 e. The molecule has 1 aliphatic carbocycles. The minimum absolute atomic E-state index is 0.0612. The summed E-state index contributed by atoms with van der Waals surface area (Å²) in [5.41, 5.74) is -0.445. The van der Waals surface area contributed by atoms with Crippen molar-refractivity contribution in [3.05, 3.63) is 59.9 Å². The number of aromatic nitrogens is 3. The molecule has 0 atom stereocenters. The van der Waals surface area contributed by atoms with E-state index in [0.29, 0.717) is 16.5 Å². The monoisotopic (exact) mass is 436 g/mol. The van der Waals surface area contributed by atoms with Crippen LogP contribution in [-0.4, -0.2) is 26.4 Å². The molecule has 1 aromatic heterocycles. The van der Waals surface area contributed by atoms with Gasteiger partial charge in [-0.1, -0.05) is 30.0 Å². The number of rotatable bonds is 6.